The number of methoxy groups -OCH3 is 1. The molecule has 166 valence electrons. The molecule has 1 aromatic heterocycles. The van der Waals surface area contributed by atoms with Gasteiger partial charge in [-0.1, -0.05) is 38.5 Å². The second-order valence-corrected chi connectivity index (χ2v) is 8.60. The van der Waals surface area contributed by atoms with Crippen LogP contribution in [0.5, 0.6) is 11.6 Å². The van der Waals surface area contributed by atoms with Crippen LogP contribution in [0.15, 0.2) is 38.8 Å². The summed E-state index contributed by atoms with van der Waals surface area (Å²) in [5.41, 5.74) is -0.0904. The minimum absolute atomic E-state index is 0.0789. The predicted octanol–water partition coefficient (Wildman–Crippen LogP) is 4.49. The lowest BCUT2D eigenvalue weighted by Crippen LogP contribution is -2.45. The van der Waals surface area contributed by atoms with Crippen molar-refractivity contribution in [3.05, 3.63) is 50.7 Å². The Kier molecular flexibility index (Phi) is 6.59. The molecule has 7 heteroatoms. The first-order valence-corrected chi connectivity index (χ1v) is 11.4. The zero-order chi connectivity index (χ0) is 21.8. The first-order valence-electron chi connectivity index (χ1n) is 11.4. The van der Waals surface area contributed by atoms with E-state index in [-0.39, 0.29) is 29.2 Å². The quantitative estimate of drug-likeness (QED) is 0.716. The maximum atomic E-state index is 13.4. The van der Waals surface area contributed by atoms with Crippen molar-refractivity contribution in [1.82, 2.24) is 9.13 Å². The van der Waals surface area contributed by atoms with Crippen molar-refractivity contribution < 1.29 is 9.84 Å². The molecular formula is C24H31N3O4. The Morgan fingerprint density at radius 3 is 2.00 bits per heavy atom. The lowest BCUT2D eigenvalue weighted by Gasteiger charge is -2.29. The fraction of sp³-hybridized carbons (Fsp3) is 0.542. The topological polar surface area (TPSA) is 85.8 Å². The number of rotatable bonds is 5. The average molecular weight is 426 g/mol. The highest BCUT2D eigenvalue weighted by atomic mass is 16.5. The van der Waals surface area contributed by atoms with E-state index >= 15 is 0 Å². The fourth-order valence-corrected chi connectivity index (χ4v) is 4.90. The molecule has 7 nitrogen and oxygen atoms in total. The minimum Gasteiger partial charge on any atom is -0.497 e. The molecule has 0 saturated heterocycles. The van der Waals surface area contributed by atoms with Gasteiger partial charge in [0.15, 0.2) is 0 Å². The molecule has 0 spiro atoms. The van der Waals surface area contributed by atoms with Gasteiger partial charge in [-0.05, 0) is 49.9 Å². The van der Waals surface area contributed by atoms with E-state index in [9.17, 15) is 14.7 Å². The SMILES string of the molecule is COc1ccc(N=Cc2c(O)n(C3CCCCC3)c(=O)n(C3CCCCC3)c2=O)cc1. The molecule has 2 aromatic rings. The first kappa shape index (κ1) is 21.4. The van der Waals surface area contributed by atoms with Crippen LogP contribution in [0, 0.1) is 0 Å². The number of ether oxygens (including phenoxy) is 1. The number of aliphatic imine (C=N–C) groups is 1. The van der Waals surface area contributed by atoms with Crippen LogP contribution in [-0.4, -0.2) is 27.6 Å². The Bertz CT molecular complexity index is 1040. The molecule has 2 aliphatic carbocycles. The molecule has 31 heavy (non-hydrogen) atoms. The molecule has 2 aliphatic rings. The summed E-state index contributed by atoms with van der Waals surface area (Å²) in [5.74, 6) is 0.457. The fourth-order valence-electron chi connectivity index (χ4n) is 4.90. The Morgan fingerprint density at radius 1 is 0.903 bits per heavy atom. The monoisotopic (exact) mass is 425 g/mol. The van der Waals surface area contributed by atoms with Crippen molar-refractivity contribution in [2.75, 3.05) is 7.11 Å². The molecule has 2 fully saturated rings. The third kappa shape index (κ3) is 4.45. The van der Waals surface area contributed by atoms with Crippen LogP contribution >= 0.6 is 0 Å². The van der Waals surface area contributed by atoms with Gasteiger partial charge >= 0.3 is 5.69 Å². The highest BCUT2D eigenvalue weighted by Crippen LogP contribution is 2.31. The third-order valence-corrected chi connectivity index (χ3v) is 6.63. The summed E-state index contributed by atoms with van der Waals surface area (Å²) in [7, 11) is 1.60. The van der Waals surface area contributed by atoms with E-state index in [4.69, 9.17) is 4.74 Å². The largest absolute Gasteiger partial charge is 0.497 e. The van der Waals surface area contributed by atoms with E-state index in [1.165, 1.54) is 15.3 Å². The average Bonchev–Trinajstić information content (AvgIpc) is 2.81. The molecule has 0 amide bonds. The van der Waals surface area contributed by atoms with E-state index in [1.54, 1.807) is 31.4 Å². The van der Waals surface area contributed by atoms with Crippen molar-refractivity contribution in [2.24, 2.45) is 4.99 Å². The molecular weight excluding hydrogens is 394 g/mol. The second kappa shape index (κ2) is 9.54. The van der Waals surface area contributed by atoms with Crippen LogP contribution in [0.2, 0.25) is 0 Å². The van der Waals surface area contributed by atoms with Crippen molar-refractivity contribution in [2.45, 2.75) is 76.3 Å². The molecule has 1 heterocycles. The summed E-state index contributed by atoms with van der Waals surface area (Å²) in [6.07, 6.45) is 11.1. The summed E-state index contributed by atoms with van der Waals surface area (Å²) in [6, 6.07) is 6.94. The van der Waals surface area contributed by atoms with Gasteiger partial charge in [0.2, 0.25) is 5.88 Å². The van der Waals surface area contributed by atoms with Crippen molar-refractivity contribution in [3.8, 4) is 11.6 Å². The summed E-state index contributed by atoms with van der Waals surface area (Å²) >= 11 is 0. The van der Waals surface area contributed by atoms with Gasteiger partial charge in [-0.2, -0.15) is 0 Å². The van der Waals surface area contributed by atoms with Gasteiger partial charge in [0.05, 0.1) is 12.8 Å². The van der Waals surface area contributed by atoms with E-state index < -0.39 is 5.56 Å². The van der Waals surface area contributed by atoms with Crippen LogP contribution in [0.3, 0.4) is 0 Å². The molecule has 0 unspecified atom stereocenters. The standard InChI is InChI=1S/C24H31N3O4/c1-31-20-14-12-17(13-15-20)25-16-21-22(28)26(18-8-4-2-5-9-18)24(30)27(23(21)29)19-10-6-3-7-11-19/h12-16,18-19,28H,2-11H2,1H3. The van der Waals surface area contributed by atoms with Crippen LogP contribution in [0.4, 0.5) is 5.69 Å². The maximum absolute atomic E-state index is 13.4. The summed E-state index contributed by atoms with van der Waals surface area (Å²) < 4.78 is 8.02. The van der Waals surface area contributed by atoms with E-state index in [2.05, 4.69) is 4.99 Å². The molecule has 0 radical (unpaired) electrons. The number of hydrogen-bond acceptors (Lipinski definition) is 5. The highest BCUT2D eigenvalue weighted by molar-refractivity contribution is 5.84. The highest BCUT2D eigenvalue weighted by Gasteiger charge is 2.28. The summed E-state index contributed by atoms with van der Waals surface area (Å²) in [5, 5.41) is 11.0. The molecule has 1 N–H and O–H groups in total. The maximum Gasteiger partial charge on any atom is 0.334 e. The Labute approximate surface area is 182 Å². The normalized spacial score (nSPS) is 18.5. The van der Waals surface area contributed by atoms with Gasteiger partial charge in [0.25, 0.3) is 5.56 Å². The van der Waals surface area contributed by atoms with Gasteiger partial charge in [-0.3, -0.25) is 18.9 Å². The lowest BCUT2D eigenvalue weighted by atomic mass is 9.94. The predicted molar refractivity (Wildman–Crippen MR) is 121 cm³/mol. The van der Waals surface area contributed by atoms with Gasteiger partial charge in [0, 0.05) is 18.3 Å². The third-order valence-electron chi connectivity index (χ3n) is 6.63. The number of benzene rings is 1. The van der Waals surface area contributed by atoms with Gasteiger partial charge in [0.1, 0.15) is 11.3 Å². The second-order valence-electron chi connectivity index (χ2n) is 8.60. The van der Waals surface area contributed by atoms with Gasteiger partial charge < -0.3 is 9.84 Å². The number of nitrogens with zero attached hydrogens (tertiary/aromatic N) is 3. The molecule has 2 saturated carbocycles. The van der Waals surface area contributed by atoms with E-state index in [0.29, 0.717) is 11.4 Å². The summed E-state index contributed by atoms with van der Waals surface area (Å²) in [6.45, 7) is 0. The Hall–Kier alpha value is -2.83. The van der Waals surface area contributed by atoms with Crippen LogP contribution < -0.4 is 16.0 Å². The molecule has 0 atom stereocenters. The molecule has 0 aliphatic heterocycles. The van der Waals surface area contributed by atoms with Crippen molar-refractivity contribution >= 4 is 11.9 Å². The molecule has 4 rings (SSSR count). The summed E-state index contributed by atoms with van der Waals surface area (Å²) in [4.78, 5) is 31.2. The first-order chi connectivity index (χ1) is 15.1. The zero-order valence-electron chi connectivity index (χ0n) is 18.1. The zero-order valence-corrected chi connectivity index (χ0v) is 18.1. The number of aromatic hydroxyl groups is 1. The van der Waals surface area contributed by atoms with Crippen molar-refractivity contribution in [1.29, 1.82) is 0 Å². The van der Waals surface area contributed by atoms with Crippen LogP contribution in [0.1, 0.15) is 81.9 Å². The Balaban J connectivity index is 1.81. The molecule has 1 aromatic carbocycles. The van der Waals surface area contributed by atoms with E-state index in [0.717, 1.165) is 64.2 Å². The lowest BCUT2D eigenvalue weighted by molar-refractivity contribution is 0.271. The van der Waals surface area contributed by atoms with Crippen LogP contribution in [0.25, 0.3) is 0 Å². The van der Waals surface area contributed by atoms with Crippen LogP contribution in [-0.2, 0) is 0 Å². The Morgan fingerprint density at radius 2 is 1.45 bits per heavy atom. The number of aromatic nitrogens is 2. The van der Waals surface area contributed by atoms with Gasteiger partial charge in [-0.15, -0.1) is 0 Å². The van der Waals surface area contributed by atoms with Gasteiger partial charge in [-0.25, -0.2) is 4.79 Å². The minimum atomic E-state index is -0.446. The van der Waals surface area contributed by atoms with E-state index in [1.807, 2.05) is 0 Å². The number of hydrogen-bond donors (Lipinski definition) is 1. The van der Waals surface area contributed by atoms with Crippen molar-refractivity contribution in [3.63, 3.8) is 0 Å². The molecule has 0 bridgehead atoms. The smallest absolute Gasteiger partial charge is 0.334 e.